The summed E-state index contributed by atoms with van der Waals surface area (Å²) in [6, 6.07) is 10.1. The number of hydrogen-bond donors (Lipinski definition) is 3. The maximum absolute atomic E-state index is 12.0. The van der Waals surface area contributed by atoms with Crippen molar-refractivity contribution >= 4 is 44.4 Å². The third-order valence-corrected chi connectivity index (χ3v) is 3.96. The van der Waals surface area contributed by atoms with Gasteiger partial charge in [0.05, 0.1) is 5.52 Å². The van der Waals surface area contributed by atoms with Gasteiger partial charge < -0.3 is 15.1 Å². The Morgan fingerprint density at radius 1 is 1.14 bits per heavy atom. The van der Waals surface area contributed by atoms with E-state index in [-0.39, 0.29) is 6.03 Å². The number of oxazole rings is 1. The quantitative estimate of drug-likeness (QED) is 0.647. The summed E-state index contributed by atoms with van der Waals surface area (Å²) >= 11 is 3.42. The van der Waals surface area contributed by atoms with Crippen molar-refractivity contribution < 1.29 is 9.21 Å². The topological polar surface area (TPSA) is 87.1 Å². The number of halogens is 1. The number of carbonyl (C=O) groups excluding carboxylic acids is 1. The van der Waals surface area contributed by atoms with Gasteiger partial charge in [-0.1, -0.05) is 22.0 Å². The molecule has 7 heteroatoms. The lowest BCUT2D eigenvalue weighted by Crippen LogP contribution is -2.19. The fraction of sp³-hybridized carbons (Fsp3) is 0.0667. The molecule has 0 fully saturated rings. The molecule has 3 aromatic rings. The van der Waals surface area contributed by atoms with E-state index in [1.165, 1.54) is 0 Å². The Morgan fingerprint density at radius 3 is 2.55 bits per heavy atom. The van der Waals surface area contributed by atoms with Crippen LogP contribution < -0.4 is 16.4 Å². The second kappa shape index (κ2) is 5.69. The SMILES string of the molecule is Cc1ccc(NC(=O)Nc2ccc3[nH]c(=O)oc3c2)cc1Br. The number of rotatable bonds is 2. The third-order valence-electron chi connectivity index (χ3n) is 3.11. The van der Waals surface area contributed by atoms with Gasteiger partial charge in [0.25, 0.3) is 0 Å². The van der Waals surface area contributed by atoms with Crippen LogP contribution in [0.5, 0.6) is 0 Å². The first-order valence-corrected chi connectivity index (χ1v) is 7.27. The predicted molar refractivity (Wildman–Crippen MR) is 88.4 cm³/mol. The van der Waals surface area contributed by atoms with Crippen LogP contribution in [-0.4, -0.2) is 11.0 Å². The van der Waals surface area contributed by atoms with E-state index in [4.69, 9.17) is 4.42 Å². The van der Waals surface area contributed by atoms with Crippen molar-refractivity contribution in [1.82, 2.24) is 4.98 Å². The van der Waals surface area contributed by atoms with Crippen LogP contribution in [-0.2, 0) is 0 Å². The first kappa shape index (κ1) is 14.4. The lowest BCUT2D eigenvalue weighted by atomic mass is 10.2. The number of benzene rings is 2. The first-order chi connectivity index (χ1) is 10.5. The van der Waals surface area contributed by atoms with Crippen molar-refractivity contribution in [2.24, 2.45) is 0 Å². The van der Waals surface area contributed by atoms with Crippen LogP contribution in [0.3, 0.4) is 0 Å². The molecule has 0 aliphatic rings. The summed E-state index contributed by atoms with van der Waals surface area (Å²) in [5, 5.41) is 5.42. The van der Waals surface area contributed by atoms with Crippen LogP contribution in [0.2, 0.25) is 0 Å². The van der Waals surface area contributed by atoms with Gasteiger partial charge in [-0.3, -0.25) is 4.98 Å². The largest absolute Gasteiger partial charge is 0.417 e. The third kappa shape index (κ3) is 3.04. The second-order valence-corrected chi connectivity index (χ2v) is 5.62. The van der Waals surface area contributed by atoms with Gasteiger partial charge in [0.15, 0.2) is 5.58 Å². The summed E-state index contributed by atoms with van der Waals surface area (Å²) in [7, 11) is 0. The Morgan fingerprint density at radius 2 is 1.82 bits per heavy atom. The van der Waals surface area contributed by atoms with Gasteiger partial charge in [-0.25, -0.2) is 9.59 Å². The number of amides is 2. The van der Waals surface area contributed by atoms with Gasteiger partial charge in [0, 0.05) is 21.9 Å². The highest BCUT2D eigenvalue weighted by Gasteiger charge is 2.06. The standard InChI is InChI=1S/C15H12BrN3O3/c1-8-2-3-9(6-11(8)16)17-14(20)18-10-4-5-12-13(7-10)22-15(21)19-12/h2-7H,1H3,(H,19,21)(H2,17,18,20). The maximum Gasteiger partial charge on any atom is 0.417 e. The van der Waals surface area contributed by atoms with Crippen LogP contribution in [0.15, 0.2) is 50.1 Å². The number of nitrogens with one attached hydrogen (secondary N) is 3. The molecule has 2 aromatic carbocycles. The molecule has 0 atom stereocenters. The average Bonchev–Trinajstić information content (AvgIpc) is 2.82. The van der Waals surface area contributed by atoms with Crippen LogP contribution in [0.25, 0.3) is 11.1 Å². The molecule has 0 bridgehead atoms. The van der Waals surface area contributed by atoms with E-state index in [0.717, 1.165) is 10.0 Å². The number of aromatic amines is 1. The maximum atomic E-state index is 12.0. The molecule has 1 aromatic heterocycles. The fourth-order valence-electron chi connectivity index (χ4n) is 1.99. The first-order valence-electron chi connectivity index (χ1n) is 6.48. The normalized spacial score (nSPS) is 10.6. The zero-order valence-electron chi connectivity index (χ0n) is 11.6. The number of aryl methyl sites for hydroxylation is 1. The number of urea groups is 1. The van der Waals surface area contributed by atoms with E-state index in [0.29, 0.717) is 22.5 Å². The number of carbonyl (C=O) groups is 1. The number of fused-ring (bicyclic) bond motifs is 1. The molecule has 6 nitrogen and oxygen atoms in total. The molecule has 112 valence electrons. The van der Waals surface area contributed by atoms with Crippen LogP contribution in [0.1, 0.15) is 5.56 Å². The summed E-state index contributed by atoms with van der Waals surface area (Å²) in [6.07, 6.45) is 0. The van der Waals surface area contributed by atoms with Gasteiger partial charge in [0.1, 0.15) is 0 Å². The molecule has 3 rings (SSSR count). The molecule has 0 saturated carbocycles. The summed E-state index contributed by atoms with van der Waals surface area (Å²) in [5.74, 6) is -0.527. The molecule has 0 saturated heterocycles. The molecule has 0 spiro atoms. The molecule has 0 aliphatic carbocycles. The minimum atomic E-state index is -0.527. The number of hydrogen-bond acceptors (Lipinski definition) is 3. The molecule has 0 radical (unpaired) electrons. The van der Waals surface area contributed by atoms with Gasteiger partial charge >= 0.3 is 11.8 Å². The summed E-state index contributed by atoms with van der Waals surface area (Å²) in [6.45, 7) is 1.97. The Balaban J connectivity index is 1.74. The van der Waals surface area contributed by atoms with E-state index >= 15 is 0 Å². The fourth-order valence-corrected chi connectivity index (χ4v) is 2.37. The Kier molecular flexibility index (Phi) is 3.72. The van der Waals surface area contributed by atoms with E-state index in [2.05, 4.69) is 31.5 Å². The molecule has 2 amide bonds. The van der Waals surface area contributed by atoms with Gasteiger partial charge in [0.2, 0.25) is 0 Å². The predicted octanol–water partition coefficient (Wildman–Crippen LogP) is 3.84. The van der Waals surface area contributed by atoms with Crippen molar-refractivity contribution in [3.8, 4) is 0 Å². The van der Waals surface area contributed by atoms with Gasteiger partial charge in [-0.15, -0.1) is 0 Å². The van der Waals surface area contributed by atoms with Crippen LogP contribution >= 0.6 is 15.9 Å². The van der Waals surface area contributed by atoms with Crippen molar-refractivity contribution in [2.45, 2.75) is 6.92 Å². The molecule has 22 heavy (non-hydrogen) atoms. The van der Waals surface area contributed by atoms with E-state index in [9.17, 15) is 9.59 Å². The Bertz CT molecular complexity index is 914. The highest BCUT2D eigenvalue weighted by Crippen LogP contribution is 2.21. The number of aromatic nitrogens is 1. The minimum Gasteiger partial charge on any atom is -0.408 e. The lowest BCUT2D eigenvalue weighted by molar-refractivity contribution is 0.262. The second-order valence-electron chi connectivity index (χ2n) is 4.77. The van der Waals surface area contributed by atoms with Gasteiger partial charge in [-0.05, 0) is 36.8 Å². The van der Waals surface area contributed by atoms with E-state index in [1.54, 1.807) is 18.2 Å². The van der Waals surface area contributed by atoms with Crippen molar-refractivity contribution in [3.05, 3.63) is 57.0 Å². The van der Waals surface area contributed by atoms with Gasteiger partial charge in [-0.2, -0.15) is 0 Å². The zero-order chi connectivity index (χ0) is 15.7. The lowest BCUT2D eigenvalue weighted by Gasteiger charge is -2.08. The van der Waals surface area contributed by atoms with Crippen LogP contribution in [0, 0.1) is 6.92 Å². The minimum absolute atomic E-state index is 0.381. The molecular weight excluding hydrogens is 350 g/mol. The Hall–Kier alpha value is -2.54. The zero-order valence-corrected chi connectivity index (χ0v) is 13.2. The molecule has 1 heterocycles. The highest BCUT2D eigenvalue weighted by atomic mass is 79.9. The highest BCUT2D eigenvalue weighted by molar-refractivity contribution is 9.10. The molecule has 0 aliphatic heterocycles. The number of anilines is 2. The Labute approximate surface area is 133 Å². The van der Waals surface area contributed by atoms with Crippen molar-refractivity contribution in [3.63, 3.8) is 0 Å². The summed E-state index contributed by atoms with van der Waals surface area (Å²) in [4.78, 5) is 25.6. The molecule has 3 N–H and O–H groups in total. The summed E-state index contributed by atoms with van der Waals surface area (Å²) in [5.41, 5.74) is 3.25. The average molecular weight is 362 g/mol. The monoisotopic (exact) mass is 361 g/mol. The van der Waals surface area contributed by atoms with E-state index in [1.807, 2.05) is 25.1 Å². The van der Waals surface area contributed by atoms with Crippen molar-refractivity contribution in [1.29, 1.82) is 0 Å². The summed E-state index contributed by atoms with van der Waals surface area (Å²) < 4.78 is 5.87. The molecule has 0 unspecified atom stereocenters. The van der Waals surface area contributed by atoms with Crippen LogP contribution in [0.4, 0.5) is 16.2 Å². The number of H-pyrrole nitrogens is 1. The molecular formula is C15H12BrN3O3. The smallest absolute Gasteiger partial charge is 0.408 e. The van der Waals surface area contributed by atoms with Crippen molar-refractivity contribution in [2.75, 3.05) is 10.6 Å². The van der Waals surface area contributed by atoms with E-state index < -0.39 is 5.76 Å².